The molecular formula is C53H60N2O2S2. The Hall–Kier alpha value is -4.59. The highest BCUT2D eigenvalue weighted by Gasteiger charge is 2.45. The molecule has 6 rings (SSSR count). The van der Waals surface area contributed by atoms with Crippen molar-refractivity contribution in [2.24, 2.45) is 0 Å². The molecule has 0 saturated carbocycles. The second-order valence-corrected chi connectivity index (χ2v) is 20.4. The second kappa shape index (κ2) is 20.6. The third-order valence-electron chi connectivity index (χ3n) is 10.7. The quantitative estimate of drug-likeness (QED) is 0.0526. The summed E-state index contributed by atoms with van der Waals surface area (Å²) in [5.74, 6) is -0.731. The predicted molar refractivity (Wildman–Crippen MR) is 253 cm³/mol. The van der Waals surface area contributed by atoms with Gasteiger partial charge in [-0.15, -0.1) is 23.5 Å². The van der Waals surface area contributed by atoms with Crippen LogP contribution in [0, 0.1) is 0 Å². The van der Waals surface area contributed by atoms with E-state index in [4.69, 9.17) is 0 Å². The molecule has 0 heterocycles. The number of hydrogen-bond acceptors (Lipinski definition) is 5. The molecule has 6 heteroatoms. The first-order valence-electron chi connectivity index (χ1n) is 20.9. The third kappa shape index (κ3) is 11.4. The number of carboxylic acid groups (broad SMARTS) is 1. The zero-order chi connectivity index (χ0) is 41.6. The van der Waals surface area contributed by atoms with Gasteiger partial charge in [-0.3, -0.25) is 9.69 Å². The standard InChI is InChI=1S/C53H60N2O2S2/c1-50(2,58-52(43-25-11-5-12-26-43,44-27-13-6-14-28-44)45-29-15-7-16-30-45)41-55(40-39-54-38-24-23-37-49(56)57)42-51(3,4)59-53(46-31-17-8-18-32-46,47-33-19-9-20-34-47)48-35-21-10-22-36-48/h5-22,25-36,54H,23-24,37-42H2,1-4H3,(H,56,57). The van der Waals surface area contributed by atoms with Crippen LogP contribution in [0.2, 0.25) is 0 Å². The zero-order valence-electron chi connectivity index (χ0n) is 35.1. The Morgan fingerprint density at radius 3 is 1.03 bits per heavy atom. The van der Waals surface area contributed by atoms with E-state index < -0.39 is 15.5 Å². The van der Waals surface area contributed by atoms with E-state index in [-0.39, 0.29) is 15.9 Å². The first-order valence-corrected chi connectivity index (χ1v) is 22.6. The Labute approximate surface area is 361 Å². The molecule has 0 amide bonds. The molecule has 0 unspecified atom stereocenters. The Kier molecular flexibility index (Phi) is 15.3. The van der Waals surface area contributed by atoms with Gasteiger partial charge in [0.2, 0.25) is 0 Å². The molecule has 0 saturated heterocycles. The minimum Gasteiger partial charge on any atom is -0.481 e. The van der Waals surface area contributed by atoms with Gasteiger partial charge in [0.15, 0.2) is 0 Å². The average Bonchev–Trinajstić information content (AvgIpc) is 3.26. The van der Waals surface area contributed by atoms with Gasteiger partial charge in [-0.2, -0.15) is 0 Å². The van der Waals surface area contributed by atoms with Crippen molar-refractivity contribution in [2.45, 2.75) is 65.9 Å². The lowest BCUT2D eigenvalue weighted by Crippen LogP contribution is -2.48. The second-order valence-electron chi connectivity index (χ2n) is 16.6. The van der Waals surface area contributed by atoms with E-state index in [2.05, 4.69) is 220 Å². The molecule has 6 aromatic carbocycles. The van der Waals surface area contributed by atoms with Crippen LogP contribution in [-0.4, -0.2) is 58.2 Å². The summed E-state index contributed by atoms with van der Waals surface area (Å²) in [7, 11) is 0. The van der Waals surface area contributed by atoms with Crippen LogP contribution in [0.4, 0.5) is 0 Å². The lowest BCUT2D eigenvalue weighted by molar-refractivity contribution is -0.137. The number of unbranched alkanes of at least 4 members (excludes halogenated alkanes) is 1. The van der Waals surface area contributed by atoms with Crippen molar-refractivity contribution < 1.29 is 9.90 Å². The Balaban J connectivity index is 1.37. The van der Waals surface area contributed by atoms with Crippen molar-refractivity contribution >= 4 is 29.5 Å². The maximum atomic E-state index is 11.2. The van der Waals surface area contributed by atoms with Gasteiger partial charge in [-0.05, 0) is 80.5 Å². The molecule has 0 aromatic heterocycles. The number of rotatable bonds is 22. The van der Waals surface area contributed by atoms with Gasteiger partial charge in [-0.25, -0.2) is 0 Å². The molecule has 2 N–H and O–H groups in total. The van der Waals surface area contributed by atoms with E-state index in [1.165, 1.54) is 33.4 Å². The average molecular weight is 821 g/mol. The number of thioether (sulfide) groups is 2. The van der Waals surface area contributed by atoms with Crippen LogP contribution >= 0.6 is 23.5 Å². The molecule has 4 nitrogen and oxygen atoms in total. The molecule has 0 aliphatic heterocycles. The fraction of sp³-hybridized carbons (Fsp3) is 0.302. The number of carboxylic acids is 1. The number of nitrogens with zero attached hydrogens (tertiary/aromatic N) is 1. The topological polar surface area (TPSA) is 52.6 Å². The minimum absolute atomic E-state index is 0.209. The van der Waals surface area contributed by atoms with Crippen molar-refractivity contribution in [3.8, 4) is 0 Å². The van der Waals surface area contributed by atoms with Gasteiger partial charge in [0.25, 0.3) is 0 Å². The normalized spacial score (nSPS) is 12.4. The Morgan fingerprint density at radius 2 is 0.763 bits per heavy atom. The molecule has 0 radical (unpaired) electrons. The summed E-state index contributed by atoms with van der Waals surface area (Å²) >= 11 is 4.08. The summed E-state index contributed by atoms with van der Waals surface area (Å²) in [4.78, 5) is 13.8. The van der Waals surface area contributed by atoms with Crippen LogP contribution in [0.15, 0.2) is 182 Å². The Morgan fingerprint density at radius 1 is 0.475 bits per heavy atom. The van der Waals surface area contributed by atoms with Crippen LogP contribution in [0.3, 0.4) is 0 Å². The minimum atomic E-state index is -0.731. The van der Waals surface area contributed by atoms with Gasteiger partial charge in [0.1, 0.15) is 0 Å². The number of hydrogen-bond donors (Lipinski definition) is 2. The summed E-state index contributed by atoms with van der Waals surface area (Å²) in [5.41, 5.74) is 7.58. The van der Waals surface area contributed by atoms with Crippen LogP contribution in [0.1, 0.15) is 80.3 Å². The molecule has 306 valence electrons. The molecule has 0 aliphatic carbocycles. The van der Waals surface area contributed by atoms with Crippen molar-refractivity contribution in [2.75, 3.05) is 32.7 Å². The molecule has 0 atom stereocenters. The van der Waals surface area contributed by atoms with E-state index in [9.17, 15) is 9.90 Å². The van der Waals surface area contributed by atoms with Crippen molar-refractivity contribution in [3.63, 3.8) is 0 Å². The van der Waals surface area contributed by atoms with Crippen LogP contribution in [0.5, 0.6) is 0 Å². The summed E-state index contributed by atoms with van der Waals surface area (Å²) in [6, 6.07) is 66.0. The first kappa shape index (κ1) is 44.0. The summed E-state index contributed by atoms with van der Waals surface area (Å²) in [6.45, 7) is 13.8. The van der Waals surface area contributed by atoms with Crippen LogP contribution in [-0.2, 0) is 14.3 Å². The number of aliphatic carboxylic acids is 1. The van der Waals surface area contributed by atoms with E-state index in [0.29, 0.717) is 6.42 Å². The van der Waals surface area contributed by atoms with Crippen LogP contribution in [0.25, 0.3) is 0 Å². The van der Waals surface area contributed by atoms with E-state index in [0.717, 1.165) is 39.1 Å². The highest BCUT2D eigenvalue weighted by Crippen LogP contribution is 2.55. The first-order chi connectivity index (χ1) is 28.5. The van der Waals surface area contributed by atoms with E-state index in [1.807, 2.05) is 23.5 Å². The molecule has 0 bridgehead atoms. The zero-order valence-corrected chi connectivity index (χ0v) is 36.7. The molecule has 6 aromatic rings. The largest absolute Gasteiger partial charge is 0.481 e. The highest BCUT2D eigenvalue weighted by atomic mass is 32.2. The lowest BCUT2D eigenvalue weighted by Gasteiger charge is -2.46. The molecular weight excluding hydrogens is 761 g/mol. The van der Waals surface area contributed by atoms with Gasteiger partial charge < -0.3 is 10.4 Å². The van der Waals surface area contributed by atoms with Gasteiger partial charge >= 0.3 is 5.97 Å². The number of benzene rings is 6. The monoisotopic (exact) mass is 820 g/mol. The summed E-state index contributed by atoms with van der Waals surface area (Å²) in [6.07, 6.45) is 1.74. The smallest absolute Gasteiger partial charge is 0.303 e. The maximum Gasteiger partial charge on any atom is 0.303 e. The summed E-state index contributed by atoms with van der Waals surface area (Å²) in [5, 5.41) is 12.8. The lowest BCUT2D eigenvalue weighted by atomic mass is 9.84. The van der Waals surface area contributed by atoms with Crippen molar-refractivity contribution in [3.05, 3.63) is 215 Å². The summed E-state index contributed by atoms with van der Waals surface area (Å²) < 4.78 is -1.32. The third-order valence-corrected chi connectivity index (χ3v) is 14.1. The van der Waals surface area contributed by atoms with Gasteiger partial charge in [0, 0.05) is 42.1 Å². The van der Waals surface area contributed by atoms with E-state index >= 15 is 0 Å². The number of nitrogens with one attached hydrogen (secondary N) is 1. The fourth-order valence-corrected chi connectivity index (χ4v) is 12.1. The fourth-order valence-electron chi connectivity index (χ4n) is 8.46. The molecule has 0 fully saturated rings. The molecule has 0 aliphatic rings. The molecule has 59 heavy (non-hydrogen) atoms. The Bertz CT molecular complexity index is 1800. The van der Waals surface area contributed by atoms with Crippen molar-refractivity contribution in [1.82, 2.24) is 10.2 Å². The predicted octanol–water partition coefficient (Wildman–Crippen LogP) is 12.1. The SMILES string of the molecule is CC(C)(CN(CCNCCCCC(=O)O)CC(C)(C)SC(c1ccccc1)(c1ccccc1)c1ccccc1)SC(c1ccccc1)(c1ccccc1)c1ccccc1. The van der Waals surface area contributed by atoms with Gasteiger partial charge in [-0.1, -0.05) is 182 Å². The van der Waals surface area contributed by atoms with Gasteiger partial charge in [0.05, 0.1) is 9.49 Å². The van der Waals surface area contributed by atoms with E-state index in [1.54, 1.807) is 0 Å². The molecule has 0 spiro atoms. The van der Waals surface area contributed by atoms with Crippen LogP contribution < -0.4 is 5.32 Å². The maximum absolute atomic E-state index is 11.2. The van der Waals surface area contributed by atoms with Crippen molar-refractivity contribution in [1.29, 1.82) is 0 Å². The highest BCUT2D eigenvalue weighted by molar-refractivity contribution is 8.02. The number of carbonyl (C=O) groups is 1.